The van der Waals surface area contributed by atoms with E-state index >= 15 is 0 Å². The number of nitrogens with one attached hydrogen (secondary N) is 1. The minimum Gasteiger partial charge on any atom is -0.317 e. The molecule has 0 aromatic heterocycles. The molecule has 0 saturated carbocycles. The van der Waals surface area contributed by atoms with Crippen LogP contribution < -0.4 is 5.32 Å². The molecule has 1 aromatic rings. The van der Waals surface area contributed by atoms with Crippen molar-refractivity contribution < 1.29 is 4.39 Å². The smallest absolute Gasteiger partial charge is 0.126 e. The monoisotopic (exact) mass is 283 g/mol. The van der Waals surface area contributed by atoms with Gasteiger partial charge in [0.05, 0.1) is 0 Å². The molecule has 0 heterocycles. The normalized spacial score (nSPS) is 12.6. The molecule has 1 aromatic carbocycles. The van der Waals surface area contributed by atoms with Gasteiger partial charge in [0.2, 0.25) is 0 Å². The Morgan fingerprint density at radius 2 is 2.05 bits per heavy atom. The molecule has 0 amide bonds. The van der Waals surface area contributed by atoms with Gasteiger partial charge >= 0.3 is 0 Å². The number of hydrogen-bond acceptors (Lipinski definition) is 2. The first-order valence-electron chi connectivity index (χ1n) is 7.29. The van der Waals surface area contributed by atoms with Gasteiger partial charge in [0.25, 0.3) is 0 Å². The zero-order chi connectivity index (χ0) is 13.9. The van der Waals surface area contributed by atoms with E-state index in [-0.39, 0.29) is 5.82 Å². The second-order valence-electron chi connectivity index (χ2n) is 4.81. The van der Waals surface area contributed by atoms with Crippen LogP contribution in [0, 0.1) is 11.7 Å². The zero-order valence-corrected chi connectivity index (χ0v) is 12.9. The molecule has 0 spiro atoms. The van der Waals surface area contributed by atoms with Gasteiger partial charge in [-0.25, -0.2) is 4.39 Å². The lowest BCUT2D eigenvalue weighted by atomic mass is 9.94. The fraction of sp³-hybridized carbons (Fsp3) is 0.625. The number of benzene rings is 1. The van der Waals surface area contributed by atoms with Crippen LogP contribution in [0.5, 0.6) is 0 Å². The summed E-state index contributed by atoms with van der Waals surface area (Å²) in [5.41, 5.74) is 0.855. The molecule has 1 nitrogen and oxygen atoms in total. The Kier molecular flexibility index (Phi) is 8.93. The van der Waals surface area contributed by atoms with E-state index in [4.69, 9.17) is 0 Å². The van der Waals surface area contributed by atoms with Crippen LogP contribution in [-0.4, -0.2) is 24.6 Å². The molecule has 0 bridgehead atoms. The highest BCUT2D eigenvalue weighted by atomic mass is 32.2. The van der Waals surface area contributed by atoms with Gasteiger partial charge < -0.3 is 5.32 Å². The molecule has 0 aliphatic rings. The third-order valence-corrected chi connectivity index (χ3v) is 4.24. The van der Waals surface area contributed by atoms with Crippen molar-refractivity contribution in [1.82, 2.24) is 5.32 Å². The predicted octanol–water partition coefficient (Wildman–Crippen LogP) is 4.13. The molecule has 0 radical (unpaired) electrons. The van der Waals surface area contributed by atoms with Crippen molar-refractivity contribution >= 4 is 11.8 Å². The first-order chi connectivity index (χ1) is 9.27. The number of hydrogen-bond donors (Lipinski definition) is 1. The zero-order valence-electron chi connectivity index (χ0n) is 12.1. The van der Waals surface area contributed by atoms with Crippen molar-refractivity contribution in [2.75, 3.05) is 24.6 Å². The first kappa shape index (κ1) is 16.5. The summed E-state index contributed by atoms with van der Waals surface area (Å²) >= 11 is 1.99. The topological polar surface area (TPSA) is 12.0 Å². The Morgan fingerprint density at radius 1 is 1.26 bits per heavy atom. The Labute approximate surface area is 121 Å². The maximum atomic E-state index is 13.7. The highest BCUT2D eigenvalue weighted by Gasteiger charge is 2.11. The summed E-state index contributed by atoms with van der Waals surface area (Å²) in [6.07, 6.45) is 3.24. The minimum absolute atomic E-state index is 0.0630. The lowest BCUT2D eigenvalue weighted by Gasteiger charge is -2.17. The first-order valence-corrected chi connectivity index (χ1v) is 8.45. The van der Waals surface area contributed by atoms with Crippen molar-refractivity contribution in [3.8, 4) is 0 Å². The summed E-state index contributed by atoms with van der Waals surface area (Å²) in [4.78, 5) is 0. The van der Waals surface area contributed by atoms with Crippen LogP contribution in [-0.2, 0) is 6.42 Å². The molecule has 1 unspecified atom stereocenters. The van der Waals surface area contributed by atoms with E-state index in [2.05, 4.69) is 19.2 Å². The lowest BCUT2D eigenvalue weighted by molar-refractivity contribution is 0.438. The van der Waals surface area contributed by atoms with E-state index in [9.17, 15) is 4.39 Å². The Bertz CT molecular complexity index is 343. The molecular weight excluding hydrogens is 257 g/mol. The molecule has 1 atom stereocenters. The fourth-order valence-corrected chi connectivity index (χ4v) is 2.88. The van der Waals surface area contributed by atoms with E-state index in [0.717, 1.165) is 25.1 Å². The summed E-state index contributed by atoms with van der Waals surface area (Å²) in [5.74, 6) is 2.88. The molecular formula is C16H26FNS. The molecule has 0 aliphatic carbocycles. The van der Waals surface area contributed by atoms with Crippen LogP contribution in [0.25, 0.3) is 0 Å². The van der Waals surface area contributed by atoms with E-state index in [1.165, 1.54) is 24.3 Å². The van der Waals surface area contributed by atoms with E-state index in [0.29, 0.717) is 5.92 Å². The van der Waals surface area contributed by atoms with Gasteiger partial charge in [0.15, 0.2) is 0 Å². The number of rotatable bonds is 10. The van der Waals surface area contributed by atoms with E-state index < -0.39 is 0 Å². The summed E-state index contributed by atoms with van der Waals surface area (Å²) in [5, 5.41) is 3.40. The highest BCUT2D eigenvalue weighted by molar-refractivity contribution is 7.99. The molecule has 1 N–H and O–H groups in total. The average molecular weight is 283 g/mol. The van der Waals surface area contributed by atoms with Crippen LogP contribution in [0.3, 0.4) is 0 Å². The molecule has 0 saturated heterocycles. The van der Waals surface area contributed by atoms with Gasteiger partial charge in [0, 0.05) is 0 Å². The molecule has 0 fully saturated rings. The summed E-state index contributed by atoms with van der Waals surface area (Å²) < 4.78 is 13.7. The Hall–Kier alpha value is -0.540. The number of halogens is 1. The van der Waals surface area contributed by atoms with Crippen molar-refractivity contribution in [2.24, 2.45) is 5.92 Å². The van der Waals surface area contributed by atoms with Crippen LogP contribution >= 0.6 is 11.8 Å². The average Bonchev–Trinajstić information content (AvgIpc) is 2.43. The van der Waals surface area contributed by atoms with Crippen LogP contribution in [0.2, 0.25) is 0 Å². The maximum absolute atomic E-state index is 13.7. The third kappa shape index (κ3) is 6.98. The standard InChI is InChI=1S/C16H26FNS/c1-3-18-13-14(8-7-11-19-4-2)12-15-9-5-6-10-16(15)17/h5-6,9-10,14,18H,3-4,7-8,11-13H2,1-2H3. The van der Waals surface area contributed by atoms with Crippen molar-refractivity contribution in [3.05, 3.63) is 35.6 Å². The van der Waals surface area contributed by atoms with Crippen LogP contribution in [0.1, 0.15) is 32.3 Å². The Morgan fingerprint density at radius 3 is 2.74 bits per heavy atom. The van der Waals surface area contributed by atoms with Crippen molar-refractivity contribution in [1.29, 1.82) is 0 Å². The van der Waals surface area contributed by atoms with E-state index in [1.54, 1.807) is 12.1 Å². The molecule has 0 aliphatic heterocycles. The summed E-state index contributed by atoms with van der Waals surface area (Å²) in [6, 6.07) is 7.16. The van der Waals surface area contributed by atoms with E-state index in [1.807, 2.05) is 23.9 Å². The maximum Gasteiger partial charge on any atom is 0.126 e. The summed E-state index contributed by atoms with van der Waals surface area (Å²) in [7, 11) is 0. The fourth-order valence-electron chi connectivity index (χ4n) is 2.22. The van der Waals surface area contributed by atoms with Crippen LogP contribution in [0.15, 0.2) is 24.3 Å². The molecule has 108 valence electrons. The van der Waals surface area contributed by atoms with Gasteiger partial charge in [-0.2, -0.15) is 11.8 Å². The second kappa shape index (κ2) is 10.3. The van der Waals surface area contributed by atoms with Gasteiger partial charge in [-0.3, -0.25) is 0 Å². The predicted molar refractivity (Wildman–Crippen MR) is 84.4 cm³/mol. The van der Waals surface area contributed by atoms with Gasteiger partial charge in [-0.1, -0.05) is 32.0 Å². The molecule has 19 heavy (non-hydrogen) atoms. The quantitative estimate of drug-likeness (QED) is 0.648. The largest absolute Gasteiger partial charge is 0.317 e. The third-order valence-electron chi connectivity index (χ3n) is 3.25. The lowest BCUT2D eigenvalue weighted by Crippen LogP contribution is -2.24. The molecule has 3 heteroatoms. The van der Waals surface area contributed by atoms with Gasteiger partial charge in [0.1, 0.15) is 5.82 Å². The minimum atomic E-state index is -0.0630. The van der Waals surface area contributed by atoms with Gasteiger partial charge in [-0.15, -0.1) is 0 Å². The highest BCUT2D eigenvalue weighted by Crippen LogP contribution is 2.17. The second-order valence-corrected chi connectivity index (χ2v) is 6.20. The summed E-state index contributed by atoms with van der Waals surface area (Å²) in [6.45, 7) is 6.28. The number of thioether (sulfide) groups is 1. The van der Waals surface area contributed by atoms with Crippen molar-refractivity contribution in [3.63, 3.8) is 0 Å². The molecule has 1 rings (SSSR count). The van der Waals surface area contributed by atoms with Gasteiger partial charge in [-0.05, 0) is 61.4 Å². The Balaban J connectivity index is 2.46. The SMILES string of the molecule is CCNCC(CCCSCC)Cc1ccccc1F. The van der Waals surface area contributed by atoms with Crippen molar-refractivity contribution in [2.45, 2.75) is 33.1 Å². The van der Waals surface area contributed by atoms with Crippen LogP contribution in [0.4, 0.5) is 4.39 Å².